The maximum absolute atomic E-state index is 10.6. The second-order valence-corrected chi connectivity index (χ2v) is 6.84. The number of likely N-dealkylation sites (tertiary alicyclic amines) is 1. The van der Waals surface area contributed by atoms with E-state index >= 15 is 0 Å². The van der Waals surface area contributed by atoms with Crippen molar-refractivity contribution < 1.29 is 8.42 Å². The molecule has 1 rings (SSSR count). The van der Waals surface area contributed by atoms with Crippen LogP contribution in [-0.4, -0.2) is 32.4 Å². The van der Waals surface area contributed by atoms with Crippen molar-refractivity contribution in [3.8, 4) is 0 Å². The van der Waals surface area contributed by atoms with Crippen LogP contribution in [0, 0.1) is 5.92 Å². The summed E-state index contributed by atoms with van der Waals surface area (Å²) in [6, 6.07) is 0.579. The number of hydrogen-bond acceptors (Lipinski definition) is 3. The van der Waals surface area contributed by atoms with Crippen molar-refractivity contribution in [3.63, 3.8) is 0 Å². The van der Waals surface area contributed by atoms with Crippen molar-refractivity contribution in [3.05, 3.63) is 11.5 Å². The third-order valence-corrected chi connectivity index (χ3v) is 3.60. The Morgan fingerprint density at radius 1 is 1.53 bits per heavy atom. The zero-order valence-electron chi connectivity index (χ0n) is 9.19. The van der Waals surface area contributed by atoms with Crippen LogP contribution in [0.1, 0.15) is 26.7 Å². The highest BCUT2D eigenvalue weighted by molar-refractivity contribution is 8.16. The smallest absolute Gasteiger partial charge is 0.254 e. The molecule has 0 aromatic rings. The number of halogens is 1. The van der Waals surface area contributed by atoms with Gasteiger partial charge in [-0.1, -0.05) is 6.08 Å². The van der Waals surface area contributed by atoms with E-state index in [0.29, 0.717) is 12.0 Å². The minimum absolute atomic E-state index is 0.571. The summed E-state index contributed by atoms with van der Waals surface area (Å²) in [6.45, 7) is 6.54. The Labute approximate surface area is 96.5 Å². The lowest BCUT2D eigenvalue weighted by atomic mass is 10.1. The fraction of sp³-hybridized carbons (Fsp3) is 0.800. The zero-order chi connectivity index (χ0) is 11.5. The predicted molar refractivity (Wildman–Crippen MR) is 63.3 cm³/mol. The molecule has 88 valence electrons. The van der Waals surface area contributed by atoms with Crippen LogP contribution in [0.3, 0.4) is 0 Å². The fourth-order valence-electron chi connectivity index (χ4n) is 1.89. The summed E-state index contributed by atoms with van der Waals surface area (Å²) >= 11 is 0. The maximum Gasteiger partial charge on any atom is 0.254 e. The fourth-order valence-corrected chi connectivity index (χ4v) is 2.45. The van der Waals surface area contributed by atoms with E-state index in [1.54, 1.807) is 6.08 Å². The second-order valence-electron chi connectivity index (χ2n) is 4.33. The third-order valence-electron chi connectivity index (χ3n) is 2.78. The maximum atomic E-state index is 10.6. The van der Waals surface area contributed by atoms with Crippen LogP contribution in [0.4, 0.5) is 0 Å². The molecule has 0 N–H and O–H groups in total. The molecule has 1 fully saturated rings. The Morgan fingerprint density at radius 2 is 2.20 bits per heavy atom. The molecule has 0 spiro atoms. The number of rotatable bonds is 4. The minimum atomic E-state index is -3.47. The molecule has 0 aromatic heterocycles. The largest absolute Gasteiger partial charge is 0.301 e. The normalized spacial score (nSPS) is 24.4. The molecule has 0 aliphatic carbocycles. The summed E-state index contributed by atoms with van der Waals surface area (Å²) in [6.07, 6.45) is 3.61. The molecular weight excluding hydrogens is 234 g/mol. The lowest BCUT2D eigenvalue weighted by Gasteiger charge is -2.19. The van der Waals surface area contributed by atoms with Crippen LogP contribution in [0.5, 0.6) is 0 Å². The summed E-state index contributed by atoms with van der Waals surface area (Å²) < 4.78 is 21.3. The van der Waals surface area contributed by atoms with Crippen LogP contribution in [0.15, 0.2) is 11.5 Å². The van der Waals surface area contributed by atoms with E-state index in [0.717, 1.165) is 31.3 Å². The van der Waals surface area contributed by atoms with E-state index in [9.17, 15) is 8.42 Å². The van der Waals surface area contributed by atoms with Gasteiger partial charge in [-0.15, -0.1) is 0 Å². The van der Waals surface area contributed by atoms with Gasteiger partial charge in [-0.05, 0) is 39.2 Å². The molecule has 1 aliphatic heterocycles. The van der Waals surface area contributed by atoms with Gasteiger partial charge in [0.2, 0.25) is 0 Å². The highest BCUT2D eigenvalue weighted by atomic mass is 35.7. The molecule has 1 unspecified atom stereocenters. The Morgan fingerprint density at radius 3 is 2.67 bits per heavy atom. The van der Waals surface area contributed by atoms with Crippen LogP contribution in [-0.2, 0) is 9.05 Å². The first kappa shape index (κ1) is 13.0. The van der Waals surface area contributed by atoms with Crippen LogP contribution in [0.2, 0.25) is 0 Å². The van der Waals surface area contributed by atoms with Crippen molar-refractivity contribution in [2.24, 2.45) is 5.92 Å². The Balaban J connectivity index is 2.34. The van der Waals surface area contributed by atoms with E-state index in [2.05, 4.69) is 18.7 Å². The second kappa shape index (κ2) is 5.32. The summed E-state index contributed by atoms with van der Waals surface area (Å²) in [5.41, 5.74) is 0. The Hall–Kier alpha value is -0.0600. The molecular formula is C10H18ClNO2S. The van der Waals surface area contributed by atoms with Gasteiger partial charge in [0.25, 0.3) is 9.05 Å². The average Bonchev–Trinajstić information content (AvgIpc) is 2.50. The van der Waals surface area contributed by atoms with Crippen molar-refractivity contribution in [1.29, 1.82) is 0 Å². The van der Waals surface area contributed by atoms with E-state index in [1.807, 2.05) is 0 Å². The SMILES string of the molecule is CC(C)N1CCC(C/C=C\S(=O)(=O)Cl)C1. The Kier molecular flexibility index (Phi) is 4.62. The summed E-state index contributed by atoms with van der Waals surface area (Å²) in [5, 5.41) is 1.09. The standard InChI is InChI=1S/C10H18ClNO2S/c1-9(2)12-6-5-10(8-12)4-3-7-15(11,13)14/h3,7,9-10H,4-6,8H2,1-2H3/b7-3-. The van der Waals surface area contributed by atoms with Gasteiger partial charge in [0.1, 0.15) is 0 Å². The van der Waals surface area contributed by atoms with Crippen molar-refractivity contribution in [2.75, 3.05) is 13.1 Å². The number of nitrogens with zero attached hydrogens (tertiary/aromatic N) is 1. The number of hydrogen-bond donors (Lipinski definition) is 0. The van der Waals surface area contributed by atoms with Gasteiger partial charge in [-0.2, -0.15) is 0 Å². The van der Waals surface area contributed by atoms with Crippen LogP contribution in [0.25, 0.3) is 0 Å². The highest BCUT2D eigenvalue weighted by Crippen LogP contribution is 2.21. The van der Waals surface area contributed by atoms with Crippen molar-refractivity contribution in [2.45, 2.75) is 32.7 Å². The number of allylic oxidation sites excluding steroid dienone is 1. The summed E-state index contributed by atoms with van der Waals surface area (Å²) in [5.74, 6) is 0.571. The minimum Gasteiger partial charge on any atom is -0.301 e. The summed E-state index contributed by atoms with van der Waals surface area (Å²) in [4.78, 5) is 2.41. The van der Waals surface area contributed by atoms with Gasteiger partial charge in [0.05, 0.1) is 0 Å². The molecule has 15 heavy (non-hydrogen) atoms. The lowest BCUT2D eigenvalue weighted by Crippen LogP contribution is -2.28. The summed E-state index contributed by atoms with van der Waals surface area (Å²) in [7, 11) is 1.61. The molecule has 0 amide bonds. The first-order valence-corrected chi connectivity index (χ1v) is 7.61. The van der Waals surface area contributed by atoms with E-state index in [-0.39, 0.29) is 0 Å². The zero-order valence-corrected chi connectivity index (χ0v) is 10.8. The monoisotopic (exact) mass is 251 g/mol. The van der Waals surface area contributed by atoms with Crippen LogP contribution >= 0.6 is 10.7 Å². The topological polar surface area (TPSA) is 37.4 Å². The molecule has 0 bridgehead atoms. The Bertz CT molecular complexity index is 324. The molecule has 1 saturated heterocycles. The molecule has 3 nitrogen and oxygen atoms in total. The van der Waals surface area contributed by atoms with Gasteiger partial charge in [-0.25, -0.2) is 8.42 Å². The molecule has 5 heteroatoms. The van der Waals surface area contributed by atoms with Crippen molar-refractivity contribution >= 4 is 19.7 Å². The molecule has 0 aromatic carbocycles. The molecule has 0 radical (unpaired) electrons. The lowest BCUT2D eigenvalue weighted by molar-refractivity contribution is 0.265. The molecule has 1 aliphatic rings. The van der Waals surface area contributed by atoms with Gasteiger partial charge in [0.15, 0.2) is 0 Å². The molecule has 1 heterocycles. The van der Waals surface area contributed by atoms with E-state index < -0.39 is 9.05 Å². The first-order valence-electron chi connectivity index (χ1n) is 5.24. The molecule has 0 saturated carbocycles. The third kappa shape index (κ3) is 5.00. The van der Waals surface area contributed by atoms with Gasteiger partial charge < -0.3 is 4.90 Å². The highest BCUT2D eigenvalue weighted by Gasteiger charge is 2.22. The van der Waals surface area contributed by atoms with Crippen molar-refractivity contribution in [1.82, 2.24) is 4.90 Å². The van der Waals surface area contributed by atoms with E-state index in [4.69, 9.17) is 10.7 Å². The average molecular weight is 252 g/mol. The molecule has 1 atom stereocenters. The quantitative estimate of drug-likeness (QED) is 0.719. The first-order chi connectivity index (χ1) is 6.88. The van der Waals surface area contributed by atoms with Crippen LogP contribution < -0.4 is 0 Å². The predicted octanol–water partition coefficient (Wildman–Crippen LogP) is 2.19. The van der Waals surface area contributed by atoms with Gasteiger partial charge in [-0.3, -0.25) is 0 Å². The van der Waals surface area contributed by atoms with E-state index in [1.165, 1.54) is 0 Å². The van der Waals surface area contributed by atoms with Gasteiger partial charge in [0, 0.05) is 28.7 Å². The van der Waals surface area contributed by atoms with Gasteiger partial charge >= 0.3 is 0 Å².